The predicted molar refractivity (Wildman–Crippen MR) is 263 cm³/mol. The number of nitrogens with zero attached hydrogens (tertiary/aromatic N) is 8. The van der Waals surface area contributed by atoms with Crippen LogP contribution in [-0.2, 0) is 0 Å². The summed E-state index contributed by atoms with van der Waals surface area (Å²) in [7, 11) is 0. The number of aliphatic imine (C=N–C) groups is 6. The van der Waals surface area contributed by atoms with E-state index < -0.39 is 0 Å². The van der Waals surface area contributed by atoms with Gasteiger partial charge in [-0.15, -0.1) is 0 Å². The second-order valence-corrected chi connectivity index (χ2v) is 15.6. The van der Waals surface area contributed by atoms with Crippen molar-refractivity contribution in [3.63, 3.8) is 0 Å². The Hall–Kier alpha value is -6.74. The van der Waals surface area contributed by atoms with Gasteiger partial charge in [-0.2, -0.15) is 0 Å². The van der Waals surface area contributed by atoms with Gasteiger partial charge in [0.15, 0.2) is 0 Å². The highest BCUT2D eigenvalue weighted by molar-refractivity contribution is 5.86. The summed E-state index contributed by atoms with van der Waals surface area (Å²) in [5.74, 6) is 0. The molecular formula is C54H54N8. The molecule has 0 N–H and O–H groups in total. The Labute approximate surface area is 366 Å². The van der Waals surface area contributed by atoms with Crippen LogP contribution in [0.15, 0.2) is 176 Å². The van der Waals surface area contributed by atoms with Crippen molar-refractivity contribution in [2.75, 3.05) is 78.5 Å². The van der Waals surface area contributed by atoms with E-state index in [9.17, 15) is 0 Å². The molecule has 0 fully saturated rings. The molecule has 8 heteroatoms. The SMILES string of the molecule is C1=NCCN2CCN=Cc3ccc(cc3)-c3cccc(c3)C=NCCN(CCN=Cc3ccc(cc3)-c3cccc(c3)C=NCC2)CCN=Cc2cccc(c2)-c2ccc1cc2. The molecule has 6 aromatic carbocycles. The largest absolute Gasteiger partial charge is 0.298 e. The molecular weight excluding hydrogens is 761 g/mol. The highest BCUT2D eigenvalue weighted by Crippen LogP contribution is 2.23. The molecule has 310 valence electrons. The van der Waals surface area contributed by atoms with Gasteiger partial charge in [0, 0.05) is 76.6 Å². The molecule has 11 aliphatic heterocycles. The summed E-state index contributed by atoms with van der Waals surface area (Å²) in [5, 5.41) is 0. The van der Waals surface area contributed by atoms with Crippen LogP contribution in [0.5, 0.6) is 0 Å². The Kier molecular flexibility index (Phi) is 15.0. The fourth-order valence-corrected chi connectivity index (χ4v) is 7.57. The molecule has 0 radical (unpaired) electrons. The lowest BCUT2D eigenvalue weighted by Crippen LogP contribution is -2.31. The van der Waals surface area contributed by atoms with Crippen molar-refractivity contribution in [3.8, 4) is 33.4 Å². The van der Waals surface area contributed by atoms with Gasteiger partial charge in [-0.05, 0) is 85.0 Å². The van der Waals surface area contributed by atoms with Crippen molar-refractivity contribution in [2.45, 2.75) is 0 Å². The molecule has 0 atom stereocenters. The van der Waals surface area contributed by atoms with Gasteiger partial charge < -0.3 is 0 Å². The topological polar surface area (TPSA) is 80.6 Å². The van der Waals surface area contributed by atoms with Gasteiger partial charge in [0.1, 0.15) is 0 Å². The van der Waals surface area contributed by atoms with Gasteiger partial charge in [0.2, 0.25) is 0 Å². The molecule has 11 aliphatic rings. The quantitative estimate of drug-likeness (QED) is 0.153. The highest BCUT2D eigenvalue weighted by atomic mass is 15.2. The smallest absolute Gasteiger partial charge is 0.0517 e. The maximum atomic E-state index is 4.87. The Morgan fingerprint density at radius 2 is 0.484 bits per heavy atom. The first-order chi connectivity index (χ1) is 30.7. The molecule has 0 saturated heterocycles. The summed E-state index contributed by atoms with van der Waals surface area (Å²) >= 11 is 0. The van der Waals surface area contributed by atoms with E-state index in [1.165, 1.54) is 16.7 Å². The average Bonchev–Trinajstić information content (AvgIpc) is 3.32. The molecule has 0 aromatic heterocycles. The van der Waals surface area contributed by atoms with Gasteiger partial charge in [-0.25, -0.2) is 0 Å². The molecule has 0 saturated carbocycles. The van der Waals surface area contributed by atoms with Crippen molar-refractivity contribution < 1.29 is 0 Å². The van der Waals surface area contributed by atoms with Crippen LogP contribution in [0.25, 0.3) is 33.4 Å². The van der Waals surface area contributed by atoms with Crippen molar-refractivity contribution in [1.82, 2.24) is 9.80 Å². The first-order valence-electron chi connectivity index (χ1n) is 21.8. The first-order valence-corrected chi connectivity index (χ1v) is 21.8. The molecule has 0 spiro atoms. The van der Waals surface area contributed by atoms with Crippen molar-refractivity contribution in [2.24, 2.45) is 30.0 Å². The van der Waals surface area contributed by atoms with E-state index in [1.807, 2.05) is 37.3 Å². The third-order valence-corrected chi connectivity index (χ3v) is 11.1. The molecule has 17 rings (SSSR count). The van der Waals surface area contributed by atoms with E-state index in [-0.39, 0.29) is 0 Å². The molecule has 14 bridgehead atoms. The molecule has 6 aromatic rings. The normalized spacial score (nSPS) is 17.8. The number of benzene rings is 6. The van der Waals surface area contributed by atoms with Crippen LogP contribution in [0.3, 0.4) is 0 Å². The number of rotatable bonds is 0. The van der Waals surface area contributed by atoms with Crippen molar-refractivity contribution in [3.05, 3.63) is 179 Å². The predicted octanol–water partition coefficient (Wildman–Crippen LogP) is 9.23. The van der Waals surface area contributed by atoms with Gasteiger partial charge in [0.05, 0.1) is 39.3 Å². The highest BCUT2D eigenvalue weighted by Gasteiger charge is 2.07. The summed E-state index contributed by atoms with van der Waals surface area (Å²) in [4.78, 5) is 33.9. The average molecular weight is 815 g/mol. The molecule has 62 heavy (non-hydrogen) atoms. The standard InChI is InChI=1S/C54H54N8/c1-4-46-34-52(7-1)51-20-14-45(15-21-51)39-57-24-30-62-32-26-59-41-47-5-2-8-53(35-47)49-16-10-43(11-17-49)37-55-22-28-61(31-25-58-40-46)29-23-56-38-44-12-18-50(19-13-44)54-9-3-6-48(36-54)42-60-27-33-62/h1-21,34-42H,22-33H2. The summed E-state index contributed by atoms with van der Waals surface area (Å²) in [6, 6.07) is 51.6. The third kappa shape index (κ3) is 12.6. The van der Waals surface area contributed by atoms with Gasteiger partial charge >= 0.3 is 0 Å². The molecule has 8 nitrogen and oxygen atoms in total. The lowest BCUT2D eigenvalue weighted by molar-refractivity contribution is 0.298. The Balaban J connectivity index is 1.09. The maximum absolute atomic E-state index is 4.87. The van der Waals surface area contributed by atoms with Crippen LogP contribution >= 0.6 is 0 Å². The minimum absolute atomic E-state index is 0.685. The van der Waals surface area contributed by atoms with E-state index in [1.54, 1.807) is 0 Å². The first kappa shape index (κ1) is 42.0. The molecule has 0 unspecified atom stereocenters. The third-order valence-electron chi connectivity index (χ3n) is 11.1. The van der Waals surface area contributed by atoms with Crippen molar-refractivity contribution >= 4 is 37.3 Å². The van der Waals surface area contributed by atoms with Crippen molar-refractivity contribution in [1.29, 1.82) is 0 Å². The lowest BCUT2D eigenvalue weighted by atomic mass is 10.0. The minimum atomic E-state index is 0.685. The second-order valence-electron chi connectivity index (χ2n) is 15.6. The maximum Gasteiger partial charge on any atom is 0.0517 e. The fraction of sp³-hybridized carbons (Fsp3) is 0.222. The lowest BCUT2D eigenvalue weighted by Gasteiger charge is -2.19. The van der Waals surface area contributed by atoms with E-state index >= 15 is 0 Å². The number of hydrogen-bond acceptors (Lipinski definition) is 8. The Morgan fingerprint density at radius 1 is 0.242 bits per heavy atom. The Morgan fingerprint density at radius 3 is 0.742 bits per heavy atom. The van der Waals surface area contributed by atoms with Crippen LogP contribution in [-0.4, -0.2) is 126 Å². The van der Waals surface area contributed by atoms with Crippen LogP contribution in [0.1, 0.15) is 33.4 Å². The van der Waals surface area contributed by atoms with Crippen LogP contribution in [0.4, 0.5) is 0 Å². The summed E-state index contributed by atoms with van der Waals surface area (Å²) < 4.78 is 0. The summed E-state index contributed by atoms with van der Waals surface area (Å²) in [5.41, 5.74) is 13.5. The molecule has 11 heterocycles. The number of hydrogen-bond donors (Lipinski definition) is 0. The summed E-state index contributed by atoms with van der Waals surface area (Å²) in [6.45, 7) is 9.04. The minimum Gasteiger partial charge on any atom is -0.298 e. The summed E-state index contributed by atoms with van der Waals surface area (Å²) in [6.07, 6.45) is 11.9. The van der Waals surface area contributed by atoms with Crippen LogP contribution in [0.2, 0.25) is 0 Å². The van der Waals surface area contributed by atoms with Gasteiger partial charge in [0.25, 0.3) is 0 Å². The second kappa shape index (κ2) is 22.2. The monoisotopic (exact) mass is 814 g/mol. The Bertz CT molecular complexity index is 2410. The zero-order valence-electron chi connectivity index (χ0n) is 35.4. The van der Waals surface area contributed by atoms with Gasteiger partial charge in [-0.1, -0.05) is 127 Å². The molecule has 0 amide bonds. The zero-order chi connectivity index (χ0) is 42.0. The van der Waals surface area contributed by atoms with E-state index in [4.69, 9.17) is 30.0 Å². The van der Waals surface area contributed by atoms with Crippen LogP contribution in [0, 0.1) is 0 Å². The van der Waals surface area contributed by atoms with E-state index in [0.29, 0.717) is 39.3 Å². The van der Waals surface area contributed by atoms with Crippen LogP contribution < -0.4 is 0 Å². The van der Waals surface area contributed by atoms with Gasteiger partial charge in [-0.3, -0.25) is 39.8 Å². The van der Waals surface area contributed by atoms with E-state index in [2.05, 4.69) is 155 Å². The zero-order valence-corrected chi connectivity index (χ0v) is 35.4. The molecule has 0 aliphatic carbocycles. The fourth-order valence-electron chi connectivity index (χ4n) is 7.57. The van der Waals surface area contributed by atoms with E-state index in [0.717, 1.165) is 89.3 Å².